The molecule has 76 valence electrons. The first-order chi connectivity index (χ1) is 7.42. The Kier molecular flexibility index (Phi) is 3.01. The van der Waals surface area contributed by atoms with Gasteiger partial charge in [0.2, 0.25) is 0 Å². The molecule has 0 unspecified atom stereocenters. The molecule has 0 atom stereocenters. The van der Waals surface area contributed by atoms with E-state index in [1.54, 1.807) is 0 Å². The summed E-state index contributed by atoms with van der Waals surface area (Å²) in [6.45, 7) is 0.920. The molecule has 0 saturated carbocycles. The number of fused-ring (bicyclic) bond motifs is 1. The first-order valence-corrected chi connectivity index (χ1v) is 4.97. The Morgan fingerprint density at radius 2 is 2.40 bits per heavy atom. The fourth-order valence-electron chi connectivity index (χ4n) is 1.37. The van der Waals surface area contributed by atoms with Crippen LogP contribution in [0.2, 0.25) is 0 Å². The molecular weight excluding hydrogens is 186 g/mol. The second-order valence-corrected chi connectivity index (χ2v) is 3.23. The van der Waals surface area contributed by atoms with E-state index in [1.807, 2.05) is 42.0 Å². The third-order valence-corrected chi connectivity index (χ3v) is 2.13. The van der Waals surface area contributed by atoms with E-state index in [0.29, 0.717) is 0 Å². The van der Waals surface area contributed by atoms with Gasteiger partial charge in [0.1, 0.15) is 11.3 Å². The molecule has 3 heteroatoms. The molecule has 0 amide bonds. The molecular formula is C12H13N3. The Morgan fingerprint density at radius 3 is 3.27 bits per heavy atom. The van der Waals surface area contributed by atoms with Crippen molar-refractivity contribution in [1.82, 2.24) is 14.7 Å². The van der Waals surface area contributed by atoms with Gasteiger partial charge < -0.3 is 5.32 Å². The number of rotatable bonds is 2. The summed E-state index contributed by atoms with van der Waals surface area (Å²) >= 11 is 0. The first kappa shape index (κ1) is 9.75. The topological polar surface area (TPSA) is 29.3 Å². The average Bonchev–Trinajstić information content (AvgIpc) is 2.68. The van der Waals surface area contributed by atoms with Gasteiger partial charge in [-0.2, -0.15) is 0 Å². The van der Waals surface area contributed by atoms with Gasteiger partial charge in [-0.1, -0.05) is 12.0 Å². The van der Waals surface area contributed by atoms with Gasteiger partial charge in [0.15, 0.2) is 0 Å². The minimum absolute atomic E-state index is 0.858. The van der Waals surface area contributed by atoms with E-state index in [-0.39, 0.29) is 0 Å². The van der Waals surface area contributed by atoms with E-state index in [1.165, 1.54) is 0 Å². The van der Waals surface area contributed by atoms with E-state index in [2.05, 4.69) is 22.1 Å². The number of nitrogens with one attached hydrogen (secondary N) is 1. The Balaban J connectivity index is 2.23. The third-order valence-electron chi connectivity index (χ3n) is 2.13. The summed E-state index contributed by atoms with van der Waals surface area (Å²) in [7, 11) is 1.93. The van der Waals surface area contributed by atoms with Crippen LogP contribution in [0.15, 0.2) is 30.6 Å². The zero-order chi connectivity index (χ0) is 10.5. The van der Waals surface area contributed by atoms with Crippen molar-refractivity contribution in [2.75, 3.05) is 13.6 Å². The number of pyridine rings is 1. The molecule has 0 aliphatic carbocycles. The van der Waals surface area contributed by atoms with E-state index in [9.17, 15) is 0 Å². The lowest BCUT2D eigenvalue weighted by Crippen LogP contribution is -2.05. The van der Waals surface area contributed by atoms with Gasteiger partial charge in [-0.3, -0.25) is 4.40 Å². The molecule has 0 fully saturated rings. The minimum Gasteiger partial charge on any atom is -0.319 e. The monoisotopic (exact) mass is 199 g/mol. The highest BCUT2D eigenvalue weighted by Crippen LogP contribution is 2.04. The SMILES string of the molecule is CNCCC#Cc1cnc2ccccn12. The molecule has 0 aliphatic rings. The van der Waals surface area contributed by atoms with E-state index >= 15 is 0 Å². The number of aromatic nitrogens is 2. The number of imidazole rings is 1. The largest absolute Gasteiger partial charge is 0.319 e. The molecule has 0 aromatic carbocycles. The summed E-state index contributed by atoms with van der Waals surface area (Å²) in [5.74, 6) is 6.22. The summed E-state index contributed by atoms with van der Waals surface area (Å²) < 4.78 is 1.99. The number of nitrogens with zero attached hydrogens (tertiary/aromatic N) is 2. The average molecular weight is 199 g/mol. The van der Waals surface area contributed by atoms with Crippen molar-refractivity contribution < 1.29 is 0 Å². The standard InChI is InChI=1S/C12H13N3/c1-13-8-4-2-6-11-10-14-12-7-3-5-9-15(11)12/h3,5,7,9-10,13H,4,8H2,1H3. The molecule has 3 nitrogen and oxygen atoms in total. The highest BCUT2D eigenvalue weighted by atomic mass is 15.0. The Morgan fingerprint density at radius 1 is 1.47 bits per heavy atom. The Bertz CT molecular complexity index is 502. The molecule has 2 rings (SSSR count). The van der Waals surface area contributed by atoms with Crippen LogP contribution in [-0.2, 0) is 0 Å². The summed E-state index contributed by atoms with van der Waals surface area (Å²) in [5.41, 5.74) is 1.89. The molecule has 2 aromatic heterocycles. The Hall–Kier alpha value is -1.79. The summed E-state index contributed by atoms with van der Waals surface area (Å²) in [4.78, 5) is 4.26. The van der Waals surface area contributed by atoms with E-state index in [0.717, 1.165) is 24.3 Å². The lowest BCUT2D eigenvalue weighted by atomic mass is 10.4. The van der Waals surface area contributed by atoms with Crippen LogP contribution >= 0.6 is 0 Å². The van der Waals surface area contributed by atoms with Crippen molar-refractivity contribution in [1.29, 1.82) is 0 Å². The molecule has 2 aromatic rings. The van der Waals surface area contributed by atoms with E-state index < -0.39 is 0 Å². The van der Waals surface area contributed by atoms with Crippen molar-refractivity contribution in [2.24, 2.45) is 0 Å². The molecule has 0 aliphatic heterocycles. The fourth-order valence-corrected chi connectivity index (χ4v) is 1.37. The van der Waals surface area contributed by atoms with Gasteiger partial charge in [-0.25, -0.2) is 4.98 Å². The van der Waals surface area contributed by atoms with Gasteiger partial charge in [0.25, 0.3) is 0 Å². The zero-order valence-corrected chi connectivity index (χ0v) is 8.70. The van der Waals surface area contributed by atoms with Gasteiger partial charge >= 0.3 is 0 Å². The van der Waals surface area contributed by atoms with Crippen LogP contribution in [0.25, 0.3) is 5.65 Å². The lowest BCUT2D eigenvalue weighted by Gasteiger charge is -1.92. The van der Waals surface area contributed by atoms with Crippen LogP contribution in [0, 0.1) is 11.8 Å². The highest BCUT2D eigenvalue weighted by molar-refractivity contribution is 5.44. The van der Waals surface area contributed by atoms with Gasteiger partial charge in [-0.05, 0) is 25.1 Å². The summed E-state index contributed by atoms with van der Waals surface area (Å²) in [6, 6.07) is 5.92. The third kappa shape index (κ3) is 2.17. The zero-order valence-electron chi connectivity index (χ0n) is 8.70. The van der Waals surface area contributed by atoms with E-state index in [4.69, 9.17) is 0 Å². The lowest BCUT2D eigenvalue weighted by molar-refractivity contribution is 0.818. The molecule has 1 N–H and O–H groups in total. The van der Waals surface area contributed by atoms with Crippen LogP contribution in [0.3, 0.4) is 0 Å². The van der Waals surface area contributed by atoms with Crippen molar-refractivity contribution >= 4 is 5.65 Å². The number of hydrogen-bond acceptors (Lipinski definition) is 2. The van der Waals surface area contributed by atoms with Crippen LogP contribution in [-0.4, -0.2) is 23.0 Å². The molecule has 0 bridgehead atoms. The van der Waals surface area contributed by atoms with Crippen molar-refractivity contribution in [3.05, 3.63) is 36.3 Å². The second-order valence-electron chi connectivity index (χ2n) is 3.23. The fraction of sp³-hybridized carbons (Fsp3) is 0.250. The smallest absolute Gasteiger partial charge is 0.137 e. The first-order valence-electron chi connectivity index (χ1n) is 4.97. The summed E-state index contributed by atoms with van der Waals surface area (Å²) in [5, 5.41) is 3.06. The van der Waals surface area contributed by atoms with Gasteiger partial charge in [0.05, 0.1) is 6.20 Å². The van der Waals surface area contributed by atoms with Crippen molar-refractivity contribution in [3.8, 4) is 11.8 Å². The van der Waals surface area contributed by atoms with Crippen LogP contribution in [0.1, 0.15) is 12.1 Å². The predicted octanol–water partition coefficient (Wildman–Crippen LogP) is 1.30. The van der Waals surface area contributed by atoms with Gasteiger partial charge in [-0.15, -0.1) is 0 Å². The van der Waals surface area contributed by atoms with Crippen molar-refractivity contribution in [3.63, 3.8) is 0 Å². The molecule has 15 heavy (non-hydrogen) atoms. The molecule has 0 radical (unpaired) electrons. The maximum absolute atomic E-state index is 4.26. The van der Waals surface area contributed by atoms with Crippen LogP contribution in [0.5, 0.6) is 0 Å². The predicted molar refractivity (Wildman–Crippen MR) is 60.6 cm³/mol. The van der Waals surface area contributed by atoms with Crippen molar-refractivity contribution in [2.45, 2.75) is 6.42 Å². The van der Waals surface area contributed by atoms with Crippen LogP contribution < -0.4 is 5.32 Å². The Labute approximate surface area is 89.1 Å². The maximum atomic E-state index is 4.26. The second kappa shape index (κ2) is 4.63. The maximum Gasteiger partial charge on any atom is 0.137 e. The highest BCUT2D eigenvalue weighted by Gasteiger charge is 1.96. The molecule has 0 saturated heterocycles. The normalized spacial score (nSPS) is 9.93. The van der Waals surface area contributed by atoms with Gasteiger partial charge in [0, 0.05) is 19.2 Å². The quantitative estimate of drug-likeness (QED) is 0.583. The molecule has 0 spiro atoms. The minimum atomic E-state index is 0.858. The summed E-state index contributed by atoms with van der Waals surface area (Å²) in [6.07, 6.45) is 4.64. The van der Waals surface area contributed by atoms with Crippen LogP contribution in [0.4, 0.5) is 0 Å². The number of hydrogen-bond donors (Lipinski definition) is 1. The molecule has 2 heterocycles.